The van der Waals surface area contributed by atoms with Crippen LogP contribution in [0.5, 0.6) is 0 Å². The summed E-state index contributed by atoms with van der Waals surface area (Å²) in [4.78, 5) is 17.0. The zero-order valence-electron chi connectivity index (χ0n) is 15.1. The van der Waals surface area contributed by atoms with Crippen molar-refractivity contribution in [2.45, 2.75) is 19.4 Å². The number of ether oxygens (including phenoxy) is 1. The molecule has 2 aromatic heterocycles. The van der Waals surface area contributed by atoms with Crippen molar-refractivity contribution < 1.29 is 13.9 Å². The highest BCUT2D eigenvalue weighted by molar-refractivity contribution is 5.79. The molecule has 1 aromatic carbocycles. The van der Waals surface area contributed by atoms with Crippen LogP contribution in [0.25, 0.3) is 11.5 Å². The summed E-state index contributed by atoms with van der Waals surface area (Å²) in [6.45, 7) is 2.17. The predicted octanol–water partition coefficient (Wildman–Crippen LogP) is 2.43. The van der Waals surface area contributed by atoms with Crippen molar-refractivity contribution in [1.29, 1.82) is 0 Å². The number of rotatable bonds is 7. The number of benzene rings is 1. The SMILES string of the molecule is COC[C@@H](NC(=O)Cc1nc(-c2ccccc2)oc1C)c1ccnn1C. The second-order valence-electron chi connectivity index (χ2n) is 6.02. The Morgan fingerprint density at radius 3 is 2.73 bits per heavy atom. The molecule has 1 amide bonds. The van der Waals surface area contributed by atoms with E-state index in [2.05, 4.69) is 15.4 Å². The zero-order valence-corrected chi connectivity index (χ0v) is 15.1. The summed E-state index contributed by atoms with van der Waals surface area (Å²) in [5.74, 6) is 1.01. The number of nitrogens with one attached hydrogen (secondary N) is 1. The largest absolute Gasteiger partial charge is 0.441 e. The van der Waals surface area contributed by atoms with E-state index < -0.39 is 0 Å². The maximum atomic E-state index is 12.5. The van der Waals surface area contributed by atoms with E-state index in [9.17, 15) is 4.79 Å². The fourth-order valence-corrected chi connectivity index (χ4v) is 2.79. The van der Waals surface area contributed by atoms with Gasteiger partial charge in [-0.3, -0.25) is 9.48 Å². The lowest BCUT2D eigenvalue weighted by Crippen LogP contribution is -2.33. The minimum absolute atomic E-state index is 0.139. The number of nitrogens with zero attached hydrogens (tertiary/aromatic N) is 3. The first-order valence-electron chi connectivity index (χ1n) is 8.36. The van der Waals surface area contributed by atoms with Crippen LogP contribution in [0.15, 0.2) is 47.0 Å². The van der Waals surface area contributed by atoms with Gasteiger partial charge in [-0.25, -0.2) is 4.98 Å². The Bertz CT molecular complexity index is 870. The number of amides is 1. The number of carbonyl (C=O) groups is 1. The van der Waals surface area contributed by atoms with Crippen LogP contribution in [0.4, 0.5) is 0 Å². The van der Waals surface area contributed by atoms with E-state index in [-0.39, 0.29) is 18.4 Å². The molecule has 7 nitrogen and oxygen atoms in total. The lowest BCUT2D eigenvalue weighted by molar-refractivity contribution is -0.121. The number of aryl methyl sites for hydroxylation is 2. The van der Waals surface area contributed by atoms with E-state index in [0.717, 1.165) is 11.3 Å². The van der Waals surface area contributed by atoms with Crippen LogP contribution in [0.3, 0.4) is 0 Å². The van der Waals surface area contributed by atoms with Crippen molar-refractivity contribution >= 4 is 5.91 Å². The van der Waals surface area contributed by atoms with Gasteiger partial charge in [0.05, 0.1) is 30.5 Å². The van der Waals surface area contributed by atoms with E-state index in [0.29, 0.717) is 24.0 Å². The van der Waals surface area contributed by atoms with Crippen LogP contribution in [-0.4, -0.2) is 34.4 Å². The van der Waals surface area contributed by atoms with Crippen LogP contribution >= 0.6 is 0 Å². The molecule has 1 atom stereocenters. The highest BCUT2D eigenvalue weighted by atomic mass is 16.5. The Balaban J connectivity index is 1.71. The van der Waals surface area contributed by atoms with Crippen LogP contribution in [-0.2, 0) is 23.0 Å². The highest BCUT2D eigenvalue weighted by Gasteiger charge is 2.20. The van der Waals surface area contributed by atoms with Gasteiger partial charge >= 0.3 is 0 Å². The van der Waals surface area contributed by atoms with Crippen molar-refractivity contribution in [3.63, 3.8) is 0 Å². The second-order valence-corrected chi connectivity index (χ2v) is 6.02. The summed E-state index contributed by atoms with van der Waals surface area (Å²) in [6, 6.07) is 11.2. The minimum Gasteiger partial charge on any atom is -0.441 e. The van der Waals surface area contributed by atoms with Gasteiger partial charge in [0, 0.05) is 25.9 Å². The molecule has 3 rings (SSSR count). The molecule has 0 saturated carbocycles. The topological polar surface area (TPSA) is 82.2 Å². The molecule has 7 heteroatoms. The molecule has 136 valence electrons. The smallest absolute Gasteiger partial charge is 0.226 e. The van der Waals surface area contributed by atoms with Crippen molar-refractivity contribution in [3.8, 4) is 11.5 Å². The summed E-state index contributed by atoms with van der Waals surface area (Å²) in [6.07, 6.45) is 1.83. The van der Waals surface area contributed by atoms with Gasteiger partial charge in [-0.05, 0) is 25.1 Å². The van der Waals surface area contributed by atoms with Crippen LogP contribution in [0.2, 0.25) is 0 Å². The molecule has 0 radical (unpaired) electrons. The van der Waals surface area contributed by atoms with E-state index in [4.69, 9.17) is 9.15 Å². The van der Waals surface area contributed by atoms with Crippen molar-refractivity contribution in [1.82, 2.24) is 20.1 Å². The summed E-state index contributed by atoms with van der Waals surface area (Å²) >= 11 is 0. The number of methoxy groups -OCH3 is 1. The molecule has 0 aliphatic carbocycles. The fraction of sp³-hybridized carbons (Fsp3) is 0.316. The molecule has 0 saturated heterocycles. The van der Waals surface area contributed by atoms with Gasteiger partial charge in [0.15, 0.2) is 0 Å². The first-order chi connectivity index (χ1) is 12.6. The van der Waals surface area contributed by atoms with Gasteiger partial charge in [0.1, 0.15) is 5.76 Å². The third-order valence-corrected chi connectivity index (χ3v) is 4.13. The monoisotopic (exact) mass is 354 g/mol. The Hall–Kier alpha value is -2.93. The number of hydrogen-bond acceptors (Lipinski definition) is 5. The first kappa shape index (κ1) is 17.9. The van der Waals surface area contributed by atoms with E-state index in [1.807, 2.05) is 50.4 Å². The summed E-state index contributed by atoms with van der Waals surface area (Å²) in [5, 5.41) is 7.12. The van der Waals surface area contributed by atoms with Gasteiger partial charge < -0.3 is 14.5 Å². The Morgan fingerprint density at radius 1 is 1.31 bits per heavy atom. The summed E-state index contributed by atoms with van der Waals surface area (Å²) in [5.41, 5.74) is 2.39. The number of carbonyl (C=O) groups excluding carboxylic acids is 1. The Labute approximate surface area is 152 Å². The van der Waals surface area contributed by atoms with Crippen LogP contribution in [0, 0.1) is 6.92 Å². The van der Waals surface area contributed by atoms with Crippen LogP contribution in [0.1, 0.15) is 23.2 Å². The number of oxazole rings is 1. The lowest BCUT2D eigenvalue weighted by Gasteiger charge is -2.18. The molecule has 0 aliphatic heterocycles. The molecule has 1 N–H and O–H groups in total. The maximum absolute atomic E-state index is 12.5. The molecular formula is C19H22N4O3. The molecule has 0 bridgehead atoms. The molecule has 0 unspecified atom stereocenters. The average Bonchev–Trinajstić information content (AvgIpc) is 3.21. The molecular weight excluding hydrogens is 332 g/mol. The van der Waals surface area contributed by atoms with Crippen molar-refractivity contribution in [2.24, 2.45) is 7.05 Å². The van der Waals surface area contributed by atoms with Crippen molar-refractivity contribution in [3.05, 3.63) is 59.7 Å². The molecule has 26 heavy (non-hydrogen) atoms. The predicted molar refractivity (Wildman–Crippen MR) is 96.3 cm³/mol. The lowest BCUT2D eigenvalue weighted by atomic mass is 10.2. The number of hydrogen-bond donors (Lipinski definition) is 1. The molecule has 0 spiro atoms. The zero-order chi connectivity index (χ0) is 18.5. The van der Waals surface area contributed by atoms with Gasteiger partial charge in [0.2, 0.25) is 11.8 Å². The van der Waals surface area contributed by atoms with Gasteiger partial charge in [-0.15, -0.1) is 0 Å². The van der Waals surface area contributed by atoms with E-state index in [1.54, 1.807) is 18.0 Å². The Kier molecular flexibility index (Phi) is 5.48. The standard InChI is InChI=1S/C19H22N4O3/c1-13-15(22-19(26-13)14-7-5-4-6-8-14)11-18(24)21-16(12-25-3)17-9-10-20-23(17)2/h4-10,16H,11-12H2,1-3H3,(H,21,24)/t16-/m1/s1. The summed E-state index contributed by atoms with van der Waals surface area (Å²) in [7, 11) is 3.43. The average molecular weight is 354 g/mol. The molecule has 2 heterocycles. The van der Waals surface area contributed by atoms with E-state index >= 15 is 0 Å². The van der Waals surface area contributed by atoms with Gasteiger partial charge in [-0.1, -0.05) is 18.2 Å². The highest BCUT2D eigenvalue weighted by Crippen LogP contribution is 2.22. The second kappa shape index (κ2) is 7.97. The van der Waals surface area contributed by atoms with Gasteiger partial charge in [-0.2, -0.15) is 5.10 Å². The maximum Gasteiger partial charge on any atom is 0.226 e. The molecule has 3 aromatic rings. The number of aromatic nitrogens is 3. The molecule has 0 aliphatic rings. The third kappa shape index (κ3) is 4.00. The third-order valence-electron chi connectivity index (χ3n) is 4.13. The van der Waals surface area contributed by atoms with Crippen molar-refractivity contribution in [2.75, 3.05) is 13.7 Å². The first-order valence-corrected chi connectivity index (χ1v) is 8.36. The fourth-order valence-electron chi connectivity index (χ4n) is 2.79. The van der Waals surface area contributed by atoms with Crippen LogP contribution < -0.4 is 5.32 Å². The molecule has 0 fully saturated rings. The minimum atomic E-state index is -0.277. The quantitative estimate of drug-likeness (QED) is 0.705. The van der Waals surface area contributed by atoms with Gasteiger partial charge in [0.25, 0.3) is 0 Å². The van der Waals surface area contributed by atoms with E-state index in [1.165, 1.54) is 0 Å². The Morgan fingerprint density at radius 2 is 2.08 bits per heavy atom. The normalized spacial score (nSPS) is 12.1. The summed E-state index contributed by atoms with van der Waals surface area (Å²) < 4.78 is 12.7.